The number of nitrogens with zero attached hydrogens (tertiary/aromatic N) is 2. The first-order valence-corrected chi connectivity index (χ1v) is 10.2. The van der Waals surface area contributed by atoms with Crippen molar-refractivity contribution < 1.29 is 9.21 Å². The van der Waals surface area contributed by atoms with Gasteiger partial charge in [-0.2, -0.15) is 0 Å². The van der Waals surface area contributed by atoms with E-state index in [0.29, 0.717) is 11.8 Å². The molecule has 2 aromatic carbocycles. The smallest absolute Gasteiger partial charge is 0.329 e. The number of anilines is 2. The van der Waals surface area contributed by atoms with Crippen molar-refractivity contribution in [1.29, 1.82) is 0 Å². The third-order valence-corrected chi connectivity index (χ3v) is 5.98. The summed E-state index contributed by atoms with van der Waals surface area (Å²) >= 11 is 1.86. The van der Waals surface area contributed by atoms with E-state index < -0.39 is 0 Å². The van der Waals surface area contributed by atoms with Gasteiger partial charge in [0.15, 0.2) is 0 Å². The van der Waals surface area contributed by atoms with Crippen molar-refractivity contribution >= 4 is 29.2 Å². The first-order chi connectivity index (χ1) is 13.3. The Labute approximate surface area is 163 Å². The fourth-order valence-electron chi connectivity index (χ4n) is 3.33. The van der Waals surface area contributed by atoms with E-state index in [2.05, 4.69) is 0 Å². The molecule has 1 unspecified atom stereocenters. The number of rotatable bonds is 3. The number of urea groups is 1. The number of carbonyl (C=O) groups excluding carboxylic acids is 1. The van der Waals surface area contributed by atoms with Gasteiger partial charge in [0.05, 0.1) is 22.9 Å². The van der Waals surface area contributed by atoms with Gasteiger partial charge in [-0.05, 0) is 42.8 Å². The van der Waals surface area contributed by atoms with Crippen molar-refractivity contribution in [2.24, 2.45) is 0 Å². The van der Waals surface area contributed by atoms with Crippen molar-refractivity contribution in [1.82, 2.24) is 4.90 Å². The number of carbonyl (C=O) groups is 1. The van der Waals surface area contributed by atoms with Gasteiger partial charge >= 0.3 is 6.03 Å². The van der Waals surface area contributed by atoms with Gasteiger partial charge < -0.3 is 9.32 Å². The molecule has 1 fully saturated rings. The maximum absolute atomic E-state index is 13.5. The summed E-state index contributed by atoms with van der Waals surface area (Å²) in [7, 11) is 0. The highest BCUT2D eigenvalue weighted by Crippen LogP contribution is 2.35. The minimum atomic E-state index is 0.0214. The fraction of sp³-hybridized carbons (Fsp3) is 0.227. The molecule has 2 heterocycles. The van der Waals surface area contributed by atoms with Crippen molar-refractivity contribution in [3.63, 3.8) is 0 Å². The molecule has 0 bridgehead atoms. The van der Waals surface area contributed by atoms with Gasteiger partial charge in [0, 0.05) is 18.8 Å². The normalized spacial score (nSPS) is 17.3. The maximum Gasteiger partial charge on any atom is 0.329 e. The second kappa shape index (κ2) is 8.35. The Morgan fingerprint density at radius 2 is 1.59 bits per heavy atom. The van der Waals surface area contributed by atoms with E-state index in [-0.39, 0.29) is 6.03 Å². The van der Waals surface area contributed by atoms with Crippen LogP contribution >= 0.6 is 11.8 Å². The van der Waals surface area contributed by atoms with Crippen molar-refractivity contribution in [2.45, 2.75) is 11.7 Å². The molecule has 4 nitrogen and oxygen atoms in total. The van der Waals surface area contributed by atoms with Crippen LogP contribution < -0.4 is 4.90 Å². The van der Waals surface area contributed by atoms with Gasteiger partial charge in [-0.3, -0.25) is 4.90 Å². The molecule has 2 amide bonds. The number of furan rings is 1. The molecule has 5 heteroatoms. The molecule has 0 N–H and O–H groups in total. The predicted molar refractivity (Wildman–Crippen MR) is 111 cm³/mol. The number of thioether (sulfide) groups is 1. The van der Waals surface area contributed by atoms with E-state index in [9.17, 15) is 4.79 Å². The Morgan fingerprint density at radius 1 is 0.926 bits per heavy atom. The first-order valence-electron chi connectivity index (χ1n) is 9.17. The highest BCUT2D eigenvalue weighted by molar-refractivity contribution is 7.99. The van der Waals surface area contributed by atoms with Crippen LogP contribution in [-0.2, 0) is 0 Å². The van der Waals surface area contributed by atoms with Gasteiger partial charge in [-0.25, -0.2) is 4.79 Å². The molecule has 0 aliphatic carbocycles. The van der Waals surface area contributed by atoms with Crippen LogP contribution in [0.2, 0.25) is 0 Å². The Kier molecular flexibility index (Phi) is 5.49. The highest BCUT2D eigenvalue weighted by Gasteiger charge is 2.28. The van der Waals surface area contributed by atoms with E-state index >= 15 is 0 Å². The maximum atomic E-state index is 13.5. The average molecular weight is 378 g/mol. The Morgan fingerprint density at radius 3 is 2.19 bits per heavy atom. The lowest BCUT2D eigenvalue weighted by Gasteiger charge is -2.30. The molecule has 1 aliphatic rings. The molecule has 1 atom stereocenters. The summed E-state index contributed by atoms with van der Waals surface area (Å²) in [6.07, 6.45) is 2.61. The molecule has 1 saturated heterocycles. The predicted octanol–water partition coefficient (Wildman–Crippen LogP) is 5.72. The topological polar surface area (TPSA) is 36.7 Å². The van der Waals surface area contributed by atoms with Crippen LogP contribution in [0.3, 0.4) is 0 Å². The highest BCUT2D eigenvalue weighted by atomic mass is 32.2. The molecule has 1 aromatic heterocycles. The summed E-state index contributed by atoms with van der Waals surface area (Å²) in [5.41, 5.74) is 1.77. The van der Waals surface area contributed by atoms with Crippen molar-refractivity contribution in [3.05, 3.63) is 84.8 Å². The molecule has 1 aliphatic heterocycles. The number of hydrogen-bond donors (Lipinski definition) is 0. The lowest BCUT2D eigenvalue weighted by Crippen LogP contribution is -2.42. The summed E-state index contributed by atoms with van der Waals surface area (Å²) in [6.45, 7) is 1.45. The number of para-hydroxylation sites is 2. The SMILES string of the molecule is O=C(N1CCSC(c2ccco2)CC1)N(c1ccccc1)c1ccccc1. The van der Waals surface area contributed by atoms with Gasteiger partial charge in [0.25, 0.3) is 0 Å². The summed E-state index contributed by atoms with van der Waals surface area (Å²) in [5.74, 6) is 1.89. The molecular weight excluding hydrogens is 356 g/mol. The molecule has 4 rings (SSSR count). The van der Waals surface area contributed by atoms with E-state index in [0.717, 1.165) is 35.9 Å². The standard InChI is InChI=1S/C22H22N2O2S/c25-22(23-14-13-21(27-17-15-23)20-12-7-16-26-20)24(18-8-3-1-4-9-18)19-10-5-2-6-11-19/h1-12,16,21H,13-15,17H2. The van der Waals surface area contributed by atoms with Gasteiger partial charge in [-0.15, -0.1) is 11.8 Å². The molecular formula is C22H22N2O2S. The summed E-state index contributed by atoms with van der Waals surface area (Å²) in [5, 5.41) is 0.305. The lowest BCUT2D eigenvalue weighted by molar-refractivity contribution is 0.210. The minimum Gasteiger partial charge on any atom is -0.468 e. The number of amides is 2. The monoisotopic (exact) mass is 378 g/mol. The zero-order valence-corrected chi connectivity index (χ0v) is 15.8. The number of benzene rings is 2. The van der Waals surface area contributed by atoms with E-state index in [1.165, 1.54) is 0 Å². The van der Waals surface area contributed by atoms with Crippen LogP contribution in [0.15, 0.2) is 83.5 Å². The Hall–Kier alpha value is -2.66. The largest absolute Gasteiger partial charge is 0.468 e. The third kappa shape index (κ3) is 4.03. The van der Waals surface area contributed by atoms with Crippen LogP contribution in [-0.4, -0.2) is 29.8 Å². The zero-order chi connectivity index (χ0) is 18.5. The fourth-order valence-corrected chi connectivity index (χ4v) is 4.51. The van der Waals surface area contributed by atoms with E-state index in [1.807, 2.05) is 89.5 Å². The Balaban J connectivity index is 1.56. The van der Waals surface area contributed by atoms with E-state index in [1.54, 1.807) is 11.2 Å². The molecule has 27 heavy (non-hydrogen) atoms. The second-order valence-corrected chi connectivity index (χ2v) is 7.75. The van der Waals surface area contributed by atoms with E-state index in [4.69, 9.17) is 4.42 Å². The molecule has 0 radical (unpaired) electrons. The first kappa shape index (κ1) is 17.7. The lowest BCUT2D eigenvalue weighted by atomic mass is 10.2. The van der Waals surface area contributed by atoms with Crippen LogP contribution in [0.25, 0.3) is 0 Å². The average Bonchev–Trinajstić information content (AvgIpc) is 3.14. The molecule has 0 saturated carbocycles. The third-order valence-electron chi connectivity index (χ3n) is 4.69. The quantitative estimate of drug-likeness (QED) is 0.585. The van der Waals surface area contributed by atoms with Gasteiger partial charge in [0.1, 0.15) is 5.76 Å². The van der Waals surface area contributed by atoms with Crippen molar-refractivity contribution in [2.75, 3.05) is 23.7 Å². The Bertz CT molecular complexity index is 813. The van der Waals surface area contributed by atoms with Crippen LogP contribution in [0, 0.1) is 0 Å². The number of hydrogen-bond acceptors (Lipinski definition) is 3. The molecule has 0 spiro atoms. The van der Waals surface area contributed by atoms with Gasteiger partial charge in [-0.1, -0.05) is 36.4 Å². The zero-order valence-electron chi connectivity index (χ0n) is 15.0. The summed E-state index contributed by atoms with van der Waals surface area (Å²) in [6, 6.07) is 23.7. The van der Waals surface area contributed by atoms with Crippen LogP contribution in [0.5, 0.6) is 0 Å². The summed E-state index contributed by atoms with van der Waals surface area (Å²) in [4.78, 5) is 17.2. The minimum absolute atomic E-state index is 0.0214. The molecule has 138 valence electrons. The summed E-state index contributed by atoms with van der Waals surface area (Å²) < 4.78 is 5.58. The molecule has 3 aromatic rings. The van der Waals surface area contributed by atoms with Gasteiger partial charge in [0.2, 0.25) is 0 Å². The second-order valence-electron chi connectivity index (χ2n) is 6.44. The van der Waals surface area contributed by atoms with Crippen LogP contribution in [0.4, 0.5) is 16.2 Å². The van der Waals surface area contributed by atoms with Crippen LogP contribution in [0.1, 0.15) is 17.4 Å². The van der Waals surface area contributed by atoms with Crippen molar-refractivity contribution in [3.8, 4) is 0 Å².